The number of hydrogen-bond donors (Lipinski definition) is 0. The van der Waals surface area contributed by atoms with E-state index in [1.807, 2.05) is 6.92 Å². The lowest BCUT2D eigenvalue weighted by Gasteiger charge is -2.25. The highest BCUT2D eigenvalue weighted by molar-refractivity contribution is 5.96. The van der Waals surface area contributed by atoms with Gasteiger partial charge in [-0.15, -0.1) is 0 Å². The molecule has 1 amide bonds. The molecule has 5 nitrogen and oxygen atoms in total. The Morgan fingerprint density at radius 1 is 1.67 bits per heavy atom. The lowest BCUT2D eigenvalue weighted by Crippen LogP contribution is -2.40. The number of aromatic nitrogens is 1. The largest absolute Gasteiger partial charge is 0.380 e. The van der Waals surface area contributed by atoms with Gasteiger partial charge >= 0.3 is 0 Å². The van der Waals surface area contributed by atoms with Crippen LogP contribution >= 0.6 is 0 Å². The molecule has 15 heavy (non-hydrogen) atoms. The Hall–Kier alpha value is -1.36. The first-order valence-corrected chi connectivity index (χ1v) is 4.90. The maximum absolute atomic E-state index is 12.1. The fraction of sp³-hybridized carbons (Fsp3) is 0.600. The van der Waals surface area contributed by atoms with Crippen LogP contribution in [0.15, 0.2) is 16.9 Å². The van der Waals surface area contributed by atoms with Gasteiger partial charge in [-0.2, -0.15) is 0 Å². The Bertz CT molecular complexity index is 342. The average molecular weight is 210 g/mol. The van der Waals surface area contributed by atoms with Gasteiger partial charge in [0, 0.05) is 19.7 Å². The van der Waals surface area contributed by atoms with Gasteiger partial charge in [0.15, 0.2) is 5.82 Å². The molecule has 2 heterocycles. The molecule has 0 saturated carbocycles. The molecule has 0 radical (unpaired) electrons. The molecular formula is C10H14N2O3. The first-order chi connectivity index (χ1) is 7.13. The topological polar surface area (TPSA) is 55.6 Å². The summed E-state index contributed by atoms with van der Waals surface area (Å²) in [5.41, 5.74) is -0.423. The zero-order chi connectivity index (χ0) is 10.9. The van der Waals surface area contributed by atoms with Crippen LogP contribution in [0.2, 0.25) is 0 Å². The summed E-state index contributed by atoms with van der Waals surface area (Å²) in [6.45, 7) is 3.04. The monoisotopic (exact) mass is 210 g/mol. The fourth-order valence-electron chi connectivity index (χ4n) is 1.72. The van der Waals surface area contributed by atoms with Gasteiger partial charge in [-0.25, -0.2) is 0 Å². The third-order valence-electron chi connectivity index (χ3n) is 2.81. The summed E-state index contributed by atoms with van der Waals surface area (Å²) in [6, 6.07) is 1.66. The summed E-state index contributed by atoms with van der Waals surface area (Å²) in [7, 11) is 1.70. The van der Waals surface area contributed by atoms with Crippen molar-refractivity contribution in [2.24, 2.45) is 5.41 Å². The fourth-order valence-corrected chi connectivity index (χ4v) is 1.72. The van der Waals surface area contributed by atoms with Gasteiger partial charge in [-0.1, -0.05) is 5.16 Å². The lowest BCUT2D eigenvalue weighted by molar-refractivity contribution is -0.127. The predicted octanol–water partition coefficient (Wildman–Crippen LogP) is 1.06. The Morgan fingerprint density at radius 2 is 2.47 bits per heavy atom. The van der Waals surface area contributed by atoms with E-state index in [0.29, 0.717) is 19.0 Å². The van der Waals surface area contributed by atoms with E-state index in [4.69, 9.17) is 9.26 Å². The minimum atomic E-state index is -0.423. The van der Waals surface area contributed by atoms with Crippen molar-refractivity contribution in [3.63, 3.8) is 0 Å². The van der Waals surface area contributed by atoms with Crippen LogP contribution in [0.4, 0.5) is 5.82 Å². The molecule has 1 aromatic rings. The summed E-state index contributed by atoms with van der Waals surface area (Å²) in [4.78, 5) is 13.6. The smallest absolute Gasteiger partial charge is 0.236 e. The Labute approximate surface area is 88.0 Å². The zero-order valence-corrected chi connectivity index (χ0v) is 8.90. The van der Waals surface area contributed by atoms with Crippen molar-refractivity contribution in [2.75, 3.05) is 25.2 Å². The van der Waals surface area contributed by atoms with Crippen LogP contribution in [-0.4, -0.2) is 31.3 Å². The summed E-state index contributed by atoms with van der Waals surface area (Å²) in [5, 5.41) is 3.73. The third-order valence-corrected chi connectivity index (χ3v) is 2.81. The number of ether oxygens (including phenoxy) is 1. The van der Waals surface area contributed by atoms with Gasteiger partial charge in [0.2, 0.25) is 5.91 Å². The molecule has 1 atom stereocenters. The second-order valence-electron chi connectivity index (χ2n) is 4.09. The quantitative estimate of drug-likeness (QED) is 0.732. The number of nitrogens with zero attached hydrogens (tertiary/aromatic N) is 2. The SMILES string of the molecule is CN(C(=O)C1(C)CCOC1)c1ccon1. The maximum atomic E-state index is 12.1. The zero-order valence-electron chi connectivity index (χ0n) is 8.90. The molecule has 0 N–H and O–H groups in total. The predicted molar refractivity (Wildman–Crippen MR) is 53.5 cm³/mol. The second-order valence-corrected chi connectivity index (χ2v) is 4.09. The minimum Gasteiger partial charge on any atom is -0.380 e. The molecule has 5 heteroatoms. The molecule has 1 aromatic heterocycles. The van der Waals surface area contributed by atoms with E-state index < -0.39 is 5.41 Å². The van der Waals surface area contributed by atoms with Gasteiger partial charge in [0.1, 0.15) is 6.26 Å². The number of amides is 1. The van der Waals surface area contributed by atoms with Gasteiger partial charge in [-0.3, -0.25) is 9.69 Å². The van der Waals surface area contributed by atoms with Crippen molar-refractivity contribution in [3.05, 3.63) is 12.3 Å². The van der Waals surface area contributed by atoms with Crippen molar-refractivity contribution in [1.29, 1.82) is 0 Å². The molecule has 1 unspecified atom stereocenters. The van der Waals surface area contributed by atoms with Crippen LogP contribution in [0.25, 0.3) is 0 Å². The standard InChI is InChI=1S/C10H14N2O3/c1-10(4-6-14-7-10)9(13)12(2)8-3-5-15-11-8/h3,5H,4,6-7H2,1-2H3. The maximum Gasteiger partial charge on any atom is 0.236 e. The van der Waals surface area contributed by atoms with Crippen molar-refractivity contribution in [3.8, 4) is 0 Å². The van der Waals surface area contributed by atoms with Gasteiger partial charge in [0.25, 0.3) is 0 Å². The van der Waals surface area contributed by atoms with E-state index in [0.717, 1.165) is 6.42 Å². The van der Waals surface area contributed by atoms with E-state index >= 15 is 0 Å². The Balaban J connectivity index is 2.14. The molecule has 0 bridgehead atoms. The molecule has 1 aliphatic heterocycles. The molecule has 2 rings (SSSR count). The molecule has 82 valence electrons. The van der Waals surface area contributed by atoms with E-state index in [-0.39, 0.29) is 5.91 Å². The minimum absolute atomic E-state index is 0.0221. The van der Waals surface area contributed by atoms with Crippen molar-refractivity contribution >= 4 is 11.7 Å². The third kappa shape index (κ3) is 1.74. The summed E-state index contributed by atoms with van der Waals surface area (Å²) < 4.78 is 9.96. The van der Waals surface area contributed by atoms with Gasteiger partial charge < -0.3 is 9.26 Å². The average Bonchev–Trinajstić information content (AvgIpc) is 2.86. The highest BCUT2D eigenvalue weighted by Gasteiger charge is 2.40. The van der Waals surface area contributed by atoms with Crippen LogP contribution in [-0.2, 0) is 9.53 Å². The molecule has 1 aliphatic rings. The molecule has 1 saturated heterocycles. The van der Waals surface area contributed by atoms with Crippen molar-refractivity contribution < 1.29 is 14.1 Å². The van der Waals surface area contributed by atoms with Crippen LogP contribution in [0.5, 0.6) is 0 Å². The highest BCUT2D eigenvalue weighted by Crippen LogP contribution is 2.30. The second kappa shape index (κ2) is 3.66. The Kier molecular flexibility index (Phi) is 2.48. The number of hydrogen-bond acceptors (Lipinski definition) is 4. The molecule has 0 spiro atoms. The first-order valence-electron chi connectivity index (χ1n) is 4.90. The summed E-state index contributed by atoms with van der Waals surface area (Å²) >= 11 is 0. The van der Waals surface area contributed by atoms with Crippen LogP contribution in [0.1, 0.15) is 13.3 Å². The van der Waals surface area contributed by atoms with E-state index in [1.165, 1.54) is 11.2 Å². The molecule has 0 aromatic carbocycles. The van der Waals surface area contributed by atoms with Crippen molar-refractivity contribution in [2.45, 2.75) is 13.3 Å². The lowest BCUT2D eigenvalue weighted by atomic mass is 9.88. The van der Waals surface area contributed by atoms with E-state index in [2.05, 4.69) is 5.16 Å². The van der Waals surface area contributed by atoms with Crippen LogP contribution in [0, 0.1) is 5.41 Å². The van der Waals surface area contributed by atoms with Crippen molar-refractivity contribution in [1.82, 2.24) is 5.16 Å². The Morgan fingerprint density at radius 3 is 3.00 bits per heavy atom. The van der Waals surface area contributed by atoms with E-state index in [9.17, 15) is 4.79 Å². The number of anilines is 1. The number of carbonyl (C=O) groups excluding carboxylic acids is 1. The van der Waals surface area contributed by atoms with E-state index in [1.54, 1.807) is 13.1 Å². The normalized spacial score (nSPS) is 25.5. The number of rotatable bonds is 2. The molecule has 0 aliphatic carbocycles. The first kappa shape index (κ1) is 10.2. The summed E-state index contributed by atoms with van der Waals surface area (Å²) in [5.74, 6) is 0.557. The van der Waals surface area contributed by atoms with Gasteiger partial charge in [0.05, 0.1) is 12.0 Å². The molecular weight excluding hydrogens is 196 g/mol. The van der Waals surface area contributed by atoms with Gasteiger partial charge in [-0.05, 0) is 13.3 Å². The van der Waals surface area contributed by atoms with Crippen LogP contribution < -0.4 is 4.90 Å². The highest BCUT2D eigenvalue weighted by atomic mass is 16.5. The van der Waals surface area contributed by atoms with Crippen LogP contribution in [0.3, 0.4) is 0 Å². The number of carbonyl (C=O) groups is 1. The molecule has 1 fully saturated rings. The summed E-state index contributed by atoms with van der Waals surface area (Å²) in [6.07, 6.45) is 2.21.